The van der Waals surface area contributed by atoms with E-state index in [4.69, 9.17) is 0 Å². The summed E-state index contributed by atoms with van der Waals surface area (Å²) in [6.45, 7) is 3.82. The van der Waals surface area contributed by atoms with Crippen molar-refractivity contribution < 1.29 is 13.6 Å². The highest BCUT2D eigenvalue weighted by atomic mass is 19.1. The van der Waals surface area contributed by atoms with Gasteiger partial charge in [-0.05, 0) is 35.6 Å². The Kier molecular flexibility index (Phi) is 5.64. The molecule has 0 N–H and O–H groups in total. The van der Waals surface area contributed by atoms with Gasteiger partial charge in [0.15, 0.2) is 11.5 Å². The predicted molar refractivity (Wildman–Crippen MR) is 104 cm³/mol. The Bertz CT molecular complexity index is 940. The van der Waals surface area contributed by atoms with Gasteiger partial charge >= 0.3 is 0 Å². The lowest BCUT2D eigenvalue weighted by molar-refractivity contribution is -0.131. The normalized spacial score (nSPS) is 13.7. The predicted octanol–water partition coefficient (Wildman–Crippen LogP) is 5.48. The smallest absolute Gasteiger partial charge is 0.174 e. The molecule has 0 spiro atoms. The molecule has 0 saturated carbocycles. The van der Waals surface area contributed by atoms with Crippen LogP contribution < -0.4 is 0 Å². The molecule has 1 heterocycles. The van der Waals surface area contributed by atoms with Crippen molar-refractivity contribution in [3.05, 3.63) is 77.7 Å². The highest BCUT2D eigenvalue weighted by Gasteiger charge is 2.38. The summed E-state index contributed by atoms with van der Waals surface area (Å²) in [6, 6.07) is 15.6. The third-order valence-electron chi connectivity index (χ3n) is 4.64. The number of rotatable bonds is 7. The van der Waals surface area contributed by atoms with Crippen LogP contribution in [0.3, 0.4) is 0 Å². The maximum absolute atomic E-state index is 15.8. The fourth-order valence-electron chi connectivity index (χ4n) is 3.46. The Labute approximate surface area is 158 Å². The summed E-state index contributed by atoms with van der Waals surface area (Å²) < 4.78 is 29.5. The Morgan fingerprint density at radius 2 is 1.81 bits per heavy atom. The zero-order chi connectivity index (χ0) is 19.4. The van der Waals surface area contributed by atoms with Gasteiger partial charge in [0.25, 0.3) is 0 Å². The van der Waals surface area contributed by atoms with Crippen molar-refractivity contribution in [1.29, 1.82) is 0 Å². The number of pyridine rings is 1. The zero-order valence-electron chi connectivity index (χ0n) is 15.6. The van der Waals surface area contributed by atoms with Gasteiger partial charge in [0.05, 0.1) is 0 Å². The summed E-state index contributed by atoms with van der Waals surface area (Å²) >= 11 is 0. The molecule has 0 bridgehead atoms. The highest BCUT2D eigenvalue weighted by molar-refractivity contribution is 5.90. The lowest BCUT2D eigenvalue weighted by Crippen LogP contribution is -2.39. The maximum atomic E-state index is 15.8. The van der Waals surface area contributed by atoms with Crippen molar-refractivity contribution in [2.45, 2.75) is 38.8 Å². The maximum Gasteiger partial charge on any atom is 0.174 e. The molecular weight excluding hydrogens is 344 g/mol. The van der Waals surface area contributed by atoms with Crippen LogP contribution in [-0.2, 0) is 17.6 Å². The van der Waals surface area contributed by atoms with Gasteiger partial charge in [-0.15, -0.1) is 0 Å². The van der Waals surface area contributed by atoms with Gasteiger partial charge in [-0.1, -0.05) is 56.3 Å². The fraction of sp³-hybridized carbons (Fsp3) is 0.304. The van der Waals surface area contributed by atoms with Crippen LogP contribution in [-0.4, -0.2) is 16.4 Å². The van der Waals surface area contributed by atoms with Gasteiger partial charge in [0.2, 0.25) is 0 Å². The average Bonchev–Trinajstić information content (AvgIpc) is 2.62. The van der Waals surface area contributed by atoms with Gasteiger partial charge in [0, 0.05) is 24.4 Å². The van der Waals surface area contributed by atoms with Crippen LogP contribution in [0.25, 0.3) is 10.9 Å². The first-order valence-electron chi connectivity index (χ1n) is 9.17. The molecule has 0 aliphatic heterocycles. The Balaban J connectivity index is 1.85. The summed E-state index contributed by atoms with van der Waals surface area (Å²) in [5.74, 6) is -0.821. The lowest BCUT2D eigenvalue weighted by Gasteiger charge is -2.26. The minimum atomic E-state index is -1.94. The molecule has 27 heavy (non-hydrogen) atoms. The van der Waals surface area contributed by atoms with Crippen LogP contribution in [0.4, 0.5) is 8.78 Å². The molecule has 0 fully saturated rings. The minimum Gasteiger partial charge on any atom is -0.296 e. The van der Waals surface area contributed by atoms with E-state index in [0.717, 1.165) is 5.56 Å². The zero-order valence-corrected chi connectivity index (χ0v) is 15.6. The third kappa shape index (κ3) is 4.57. The Morgan fingerprint density at radius 3 is 2.52 bits per heavy atom. The van der Waals surface area contributed by atoms with E-state index in [-0.39, 0.29) is 30.7 Å². The van der Waals surface area contributed by atoms with Crippen molar-refractivity contribution in [1.82, 2.24) is 4.98 Å². The van der Waals surface area contributed by atoms with Crippen molar-refractivity contribution in [3.8, 4) is 0 Å². The number of para-hydroxylation sites is 1. The van der Waals surface area contributed by atoms with E-state index in [1.165, 1.54) is 12.3 Å². The minimum absolute atomic E-state index is 0.0477. The van der Waals surface area contributed by atoms with Gasteiger partial charge in [-0.3, -0.25) is 9.78 Å². The molecule has 140 valence electrons. The van der Waals surface area contributed by atoms with Crippen molar-refractivity contribution in [2.24, 2.45) is 5.92 Å². The number of halogens is 2. The van der Waals surface area contributed by atoms with E-state index < -0.39 is 17.3 Å². The molecule has 3 aromatic rings. The number of ketones is 1. The Morgan fingerprint density at radius 1 is 1.07 bits per heavy atom. The first-order valence-corrected chi connectivity index (χ1v) is 9.17. The summed E-state index contributed by atoms with van der Waals surface area (Å²) in [6.07, 6.45) is 1.62. The van der Waals surface area contributed by atoms with Gasteiger partial charge in [-0.2, -0.15) is 0 Å². The van der Waals surface area contributed by atoms with Crippen molar-refractivity contribution in [2.75, 3.05) is 0 Å². The number of carbonyl (C=O) groups is 1. The molecule has 2 nitrogen and oxygen atoms in total. The van der Waals surface area contributed by atoms with E-state index in [9.17, 15) is 9.18 Å². The quantitative estimate of drug-likeness (QED) is 0.553. The summed E-state index contributed by atoms with van der Waals surface area (Å²) in [5, 5.41) is 0.608. The number of benzene rings is 2. The number of carbonyl (C=O) groups excluding carboxylic acids is 1. The topological polar surface area (TPSA) is 30.0 Å². The molecule has 1 atom stereocenters. The number of alkyl halides is 1. The van der Waals surface area contributed by atoms with Gasteiger partial charge < -0.3 is 0 Å². The second kappa shape index (κ2) is 7.95. The van der Waals surface area contributed by atoms with Gasteiger partial charge in [-0.25, -0.2) is 8.78 Å². The molecule has 0 aliphatic rings. The summed E-state index contributed by atoms with van der Waals surface area (Å²) in [5.41, 5.74) is -0.289. The van der Waals surface area contributed by atoms with Crippen LogP contribution in [0, 0.1) is 11.7 Å². The second-order valence-electron chi connectivity index (χ2n) is 7.48. The molecule has 1 unspecified atom stereocenters. The van der Waals surface area contributed by atoms with Crippen LogP contribution in [0.1, 0.15) is 31.4 Å². The number of fused-ring (bicyclic) bond motifs is 1. The second-order valence-corrected chi connectivity index (χ2v) is 7.48. The van der Waals surface area contributed by atoms with E-state index in [2.05, 4.69) is 4.98 Å². The number of hydrogen-bond donors (Lipinski definition) is 0. The van der Waals surface area contributed by atoms with Crippen molar-refractivity contribution >= 4 is 16.7 Å². The number of Topliss-reactive ketones (excluding diaryl/α,β-unsaturated/α-hetero) is 1. The summed E-state index contributed by atoms with van der Waals surface area (Å²) in [4.78, 5) is 17.0. The van der Waals surface area contributed by atoms with Crippen molar-refractivity contribution in [3.63, 3.8) is 0 Å². The van der Waals surface area contributed by atoms with Crippen LogP contribution in [0.5, 0.6) is 0 Å². The molecule has 0 radical (unpaired) electrons. The molecule has 0 aliphatic carbocycles. The monoisotopic (exact) mass is 367 g/mol. The van der Waals surface area contributed by atoms with E-state index >= 15 is 4.39 Å². The summed E-state index contributed by atoms with van der Waals surface area (Å²) in [7, 11) is 0. The lowest BCUT2D eigenvalue weighted by atomic mass is 9.82. The van der Waals surface area contributed by atoms with Gasteiger partial charge in [0.1, 0.15) is 11.3 Å². The molecule has 0 amide bonds. The van der Waals surface area contributed by atoms with Crippen LogP contribution >= 0.6 is 0 Å². The molecule has 0 saturated heterocycles. The largest absolute Gasteiger partial charge is 0.296 e. The van der Waals surface area contributed by atoms with E-state index in [1.54, 1.807) is 18.2 Å². The molecular formula is C23H23F2NO. The number of aromatic nitrogens is 1. The first-order chi connectivity index (χ1) is 12.9. The molecule has 1 aromatic heterocycles. The fourth-order valence-corrected chi connectivity index (χ4v) is 3.46. The van der Waals surface area contributed by atoms with Crippen LogP contribution in [0.2, 0.25) is 0 Å². The Hall–Kier alpha value is -2.62. The average molecular weight is 367 g/mol. The first kappa shape index (κ1) is 19.2. The third-order valence-corrected chi connectivity index (χ3v) is 4.64. The van der Waals surface area contributed by atoms with E-state index in [1.807, 2.05) is 44.2 Å². The highest BCUT2D eigenvalue weighted by Crippen LogP contribution is 2.29. The van der Waals surface area contributed by atoms with E-state index in [0.29, 0.717) is 10.9 Å². The SMILES string of the molecule is CC(C)CC(F)(Cc1ccccc1)C(=O)Cc1cnc2c(F)cccc2c1. The molecule has 2 aromatic carbocycles. The molecule has 4 heteroatoms. The molecule has 3 rings (SSSR count). The van der Waals surface area contributed by atoms with Crippen LogP contribution in [0.15, 0.2) is 60.8 Å². The standard InChI is InChI=1S/C23H23F2NO/c1-16(2)13-23(25,14-17-7-4-3-5-8-17)21(27)12-18-11-19-9-6-10-20(24)22(19)26-15-18/h3-11,15-16H,12-14H2,1-2H3. The number of hydrogen-bond acceptors (Lipinski definition) is 2. The number of nitrogens with zero attached hydrogens (tertiary/aromatic N) is 1.